The Morgan fingerprint density at radius 2 is 2.07 bits per heavy atom. The van der Waals surface area contributed by atoms with Gasteiger partial charge in [-0.25, -0.2) is 0 Å². The number of amides is 1. The first-order valence-corrected chi connectivity index (χ1v) is 10.4. The number of carbonyl (C=O) groups is 1. The summed E-state index contributed by atoms with van der Waals surface area (Å²) in [5.74, 6) is 0.504. The van der Waals surface area contributed by atoms with Crippen LogP contribution in [0.4, 0.5) is 0 Å². The number of thiophene rings is 1. The number of benzene rings is 1. The summed E-state index contributed by atoms with van der Waals surface area (Å²) < 4.78 is 7.37. The standard InChI is InChI=1S/C22H22N4O2S/c1-15-13-19(28-25-15)18-14-24-26(21(18)20-9-6-12-29-20)11-10-23-22(27)16(2)17-7-4-3-5-8-17/h3-9,12-14,16H,10-11H2,1-2H3,(H,23,27). The summed E-state index contributed by atoms with van der Waals surface area (Å²) in [5, 5.41) is 13.6. The van der Waals surface area contributed by atoms with Gasteiger partial charge in [0.15, 0.2) is 5.76 Å². The van der Waals surface area contributed by atoms with Gasteiger partial charge in [-0.05, 0) is 30.9 Å². The van der Waals surface area contributed by atoms with Crippen LogP contribution in [0.3, 0.4) is 0 Å². The highest BCUT2D eigenvalue weighted by atomic mass is 32.1. The van der Waals surface area contributed by atoms with Crippen LogP contribution in [0, 0.1) is 6.92 Å². The number of rotatable bonds is 7. The summed E-state index contributed by atoms with van der Waals surface area (Å²) in [6.45, 7) is 4.87. The maximum Gasteiger partial charge on any atom is 0.227 e. The number of nitrogens with zero attached hydrogens (tertiary/aromatic N) is 3. The predicted octanol–water partition coefficient (Wildman–Crippen LogP) is 4.49. The van der Waals surface area contributed by atoms with E-state index in [0.29, 0.717) is 18.8 Å². The first-order chi connectivity index (χ1) is 14.1. The second-order valence-corrected chi connectivity index (χ2v) is 7.81. The average Bonchev–Trinajstić information content (AvgIpc) is 3.48. The van der Waals surface area contributed by atoms with E-state index in [4.69, 9.17) is 4.52 Å². The lowest BCUT2D eigenvalue weighted by molar-refractivity contribution is -0.122. The molecule has 0 aliphatic heterocycles. The third-order valence-electron chi connectivity index (χ3n) is 4.80. The van der Waals surface area contributed by atoms with E-state index in [-0.39, 0.29) is 11.8 Å². The predicted molar refractivity (Wildman–Crippen MR) is 114 cm³/mol. The van der Waals surface area contributed by atoms with E-state index in [0.717, 1.165) is 27.4 Å². The summed E-state index contributed by atoms with van der Waals surface area (Å²) in [6, 6.07) is 15.8. The van der Waals surface area contributed by atoms with Gasteiger partial charge < -0.3 is 9.84 Å². The van der Waals surface area contributed by atoms with Crippen molar-refractivity contribution in [1.82, 2.24) is 20.3 Å². The molecule has 0 saturated carbocycles. The molecule has 3 heterocycles. The minimum Gasteiger partial charge on any atom is -0.356 e. The van der Waals surface area contributed by atoms with Crippen molar-refractivity contribution >= 4 is 17.2 Å². The van der Waals surface area contributed by atoms with E-state index >= 15 is 0 Å². The highest BCUT2D eigenvalue weighted by Crippen LogP contribution is 2.34. The van der Waals surface area contributed by atoms with E-state index in [1.165, 1.54) is 0 Å². The molecule has 1 unspecified atom stereocenters. The van der Waals surface area contributed by atoms with Crippen molar-refractivity contribution < 1.29 is 9.32 Å². The van der Waals surface area contributed by atoms with Crippen LogP contribution in [0.5, 0.6) is 0 Å². The molecule has 0 aliphatic rings. The minimum absolute atomic E-state index is 0.00659. The van der Waals surface area contributed by atoms with Gasteiger partial charge in [0.2, 0.25) is 5.91 Å². The van der Waals surface area contributed by atoms with Crippen LogP contribution in [0.1, 0.15) is 24.1 Å². The topological polar surface area (TPSA) is 73.0 Å². The van der Waals surface area contributed by atoms with Crippen molar-refractivity contribution in [2.24, 2.45) is 0 Å². The summed E-state index contributed by atoms with van der Waals surface area (Å²) in [7, 11) is 0. The lowest BCUT2D eigenvalue weighted by Crippen LogP contribution is -2.31. The Kier molecular flexibility index (Phi) is 5.57. The molecule has 0 radical (unpaired) electrons. The Morgan fingerprint density at radius 1 is 1.24 bits per heavy atom. The van der Waals surface area contributed by atoms with Crippen molar-refractivity contribution in [3.63, 3.8) is 0 Å². The second kappa shape index (κ2) is 8.45. The molecule has 0 aliphatic carbocycles. The van der Waals surface area contributed by atoms with Crippen LogP contribution in [0.2, 0.25) is 0 Å². The smallest absolute Gasteiger partial charge is 0.227 e. The van der Waals surface area contributed by atoms with Crippen LogP contribution in [0.15, 0.2) is 64.6 Å². The minimum atomic E-state index is -0.196. The van der Waals surface area contributed by atoms with E-state index in [1.54, 1.807) is 17.5 Å². The molecule has 1 amide bonds. The van der Waals surface area contributed by atoms with Gasteiger partial charge in [-0.1, -0.05) is 41.6 Å². The second-order valence-electron chi connectivity index (χ2n) is 6.86. The van der Waals surface area contributed by atoms with Crippen molar-refractivity contribution in [1.29, 1.82) is 0 Å². The van der Waals surface area contributed by atoms with Crippen molar-refractivity contribution in [2.75, 3.05) is 6.54 Å². The van der Waals surface area contributed by atoms with E-state index < -0.39 is 0 Å². The zero-order valence-corrected chi connectivity index (χ0v) is 17.1. The molecule has 7 heteroatoms. The average molecular weight is 407 g/mol. The lowest BCUT2D eigenvalue weighted by Gasteiger charge is -2.13. The number of nitrogens with one attached hydrogen (secondary N) is 1. The third-order valence-corrected chi connectivity index (χ3v) is 5.68. The Hall–Kier alpha value is -3.19. The van der Waals surface area contributed by atoms with Gasteiger partial charge in [0.25, 0.3) is 0 Å². The van der Waals surface area contributed by atoms with Gasteiger partial charge in [0, 0.05) is 12.6 Å². The first-order valence-electron chi connectivity index (χ1n) is 9.49. The summed E-state index contributed by atoms with van der Waals surface area (Å²) >= 11 is 1.64. The highest BCUT2D eigenvalue weighted by molar-refractivity contribution is 7.13. The Morgan fingerprint density at radius 3 is 2.76 bits per heavy atom. The molecule has 148 valence electrons. The van der Waals surface area contributed by atoms with Gasteiger partial charge in [-0.2, -0.15) is 5.10 Å². The summed E-state index contributed by atoms with van der Waals surface area (Å²) in [6.07, 6.45) is 1.80. The fraction of sp³-hybridized carbons (Fsp3) is 0.227. The van der Waals surface area contributed by atoms with E-state index in [9.17, 15) is 4.79 Å². The van der Waals surface area contributed by atoms with E-state index in [1.807, 2.05) is 66.4 Å². The fourth-order valence-electron chi connectivity index (χ4n) is 3.23. The van der Waals surface area contributed by atoms with Gasteiger partial charge in [-0.3, -0.25) is 9.48 Å². The first kappa shape index (κ1) is 19.1. The molecular weight excluding hydrogens is 384 g/mol. The molecule has 4 aromatic rings. The summed E-state index contributed by atoms with van der Waals surface area (Å²) in [4.78, 5) is 13.6. The molecule has 4 rings (SSSR count). The molecular formula is C22H22N4O2S. The maximum absolute atomic E-state index is 12.5. The van der Waals surface area contributed by atoms with Crippen molar-refractivity contribution in [2.45, 2.75) is 26.3 Å². The number of carbonyl (C=O) groups excluding carboxylic acids is 1. The molecule has 1 aromatic carbocycles. The Balaban J connectivity index is 1.49. The van der Waals surface area contributed by atoms with Gasteiger partial charge in [0.1, 0.15) is 0 Å². The number of hydrogen-bond donors (Lipinski definition) is 1. The van der Waals surface area contributed by atoms with Crippen LogP contribution in [0.25, 0.3) is 21.9 Å². The molecule has 0 fully saturated rings. The highest BCUT2D eigenvalue weighted by Gasteiger charge is 2.19. The lowest BCUT2D eigenvalue weighted by atomic mass is 10.0. The van der Waals surface area contributed by atoms with Crippen LogP contribution in [-0.2, 0) is 11.3 Å². The Bertz CT molecular complexity index is 1080. The zero-order chi connectivity index (χ0) is 20.2. The zero-order valence-electron chi connectivity index (χ0n) is 16.3. The van der Waals surface area contributed by atoms with Gasteiger partial charge in [0.05, 0.1) is 40.5 Å². The van der Waals surface area contributed by atoms with E-state index in [2.05, 4.69) is 21.6 Å². The van der Waals surface area contributed by atoms with Gasteiger partial charge >= 0.3 is 0 Å². The van der Waals surface area contributed by atoms with Gasteiger partial charge in [-0.15, -0.1) is 11.3 Å². The normalized spacial score (nSPS) is 12.1. The Labute approximate surface area is 173 Å². The van der Waals surface area contributed by atoms with Crippen molar-refractivity contribution in [3.8, 4) is 21.9 Å². The van der Waals surface area contributed by atoms with Crippen LogP contribution in [-0.4, -0.2) is 27.4 Å². The fourth-order valence-corrected chi connectivity index (χ4v) is 4.02. The molecule has 1 N–H and O–H groups in total. The number of aromatic nitrogens is 3. The van der Waals surface area contributed by atoms with Crippen LogP contribution < -0.4 is 5.32 Å². The summed E-state index contributed by atoms with van der Waals surface area (Å²) in [5.41, 5.74) is 3.71. The quantitative estimate of drug-likeness (QED) is 0.491. The largest absolute Gasteiger partial charge is 0.356 e. The number of aryl methyl sites for hydroxylation is 1. The molecule has 0 spiro atoms. The SMILES string of the molecule is Cc1cc(-c2cnn(CCNC(=O)C(C)c3ccccc3)c2-c2cccs2)on1. The molecule has 6 nitrogen and oxygen atoms in total. The molecule has 3 aromatic heterocycles. The maximum atomic E-state index is 12.5. The third kappa shape index (κ3) is 4.14. The van der Waals surface area contributed by atoms with Crippen LogP contribution >= 0.6 is 11.3 Å². The molecule has 29 heavy (non-hydrogen) atoms. The number of hydrogen-bond acceptors (Lipinski definition) is 5. The van der Waals surface area contributed by atoms with Crippen molar-refractivity contribution in [3.05, 3.63) is 71.4 Å². The molecule has 1 atom stereocenters. The molecule has 0 bridgehead atoms. The molecule has 0 saturated heterocycles. The monoisotopic (exact) mass is 406 g/mol.